The van der Waals surface area contributed by atoms with E-state index in [0.717, 1.165) is 5.56 Å². The third kappa shape index (κ3) is 6.78. The number of ketones is 1. The molecular weight excluding hydrogens is 521 g/mol. The number of halogens is 1. The second-order valence-corrected chi connectivity index (χ2v) is 10.6. The summed E-state index contributed by atoms with van der Waals surface area (Å²) in [5.41, 5.74) is 7.13. The van der Waals surface area contributed by atoms with E-state index in [1.807, 2.05) is 0 Å². The van der Waals surface area contributed by atoms with Crippen LogP contribution in [0, 0.1) is 5.82 Å². The molecule has 0 spiro atoms. The third-order valence-electron chi connectivity index (χ3n) is 6.14. The van der Waals surface area contributed by atoms with Crippen molar-refractivity contribution in [3.63, 3.8) is 0 Å². The Balaban J connectivity index is 1.49. The summed E-state index contributed by atoms with van der Waals surface area (Å²) < 4.78 is 25.9. The maximum atomic E-state index is 15.2. The van der Waals surface area contributed by atoms with Crippen LogP contribution < -0.4 is 10.6 Å². The normalized spacial score (nSPS) is 16.0. The predicted molar refractivity (Wildman–Crippen MR) is 142 cm³/mol. The van der Waals surface area contributed by atoms with E-state index >= 15 is 4.39 Å². The number of hydrogen-bond acceptors (Lipinski definition) is 9. The molecule has 2 aromatic carbocycles. The smallest absolute Gasteiger partial charge is 0.414 e. The Morgan fingerprint density at radius 1 is 1.20 bits per heavy atom. The summed E-state index contributed by atoms with van der Waals surface area (Å²) in [6.45, 7) is 7.02. The number of ether oxygens (including phenoxy) is 2. The van der Waals surface area contributed by atoms with E-state index in [4.69, 9.17) is 15.2 Å². The molecule has 1 saturated heterocycles. The fourth-order valence-corrected chi connectivity index (χ4v) is 4.13. The molecule has 212 valence electrons. The zero-order chi connectivity index (χ0) is 29.2. The van der Waals surface area contributed by atoms with Crippen LogP contribution >= 0.6 is 0 Å². The number of benzene rings is 2. The lowest BCUT2D eigenvalue weighted by atomic mass is 10.0. The Morgan fingerprint density at radius 2 is 1.90 bits per heavy atom. The van der Waals surface area contributed by atoms with Crippen molar-refractivity contribution in [1.29, 1.82) is 0 Å². The molecule has 0 radical (unpaired) electrons. The second-order valence-electron chi connectivity index (χ2n) is 10.6. The molecule has 0 aliphatic carbocycles. The number of carbonyl (C=O) groups excluding carboxylic acids is 3. The van der Waals surface area contributed by atoms with Crippen LogP contribution in [0.15, 0.2) is 42.5 Å². The highest BCUT2D eigenvalue weighted by molar-refractivity contribution is 5.92. The molecule has 2 N–H and O–H groups in total. The van der Waals surface area contributed by atoms with Gasteiger partial charge in [0.25, 0.3) is 0 Å². The van der Waals surface area contributed by atoms with Crippen molar-refractivity contribution in [3.05, 3.63) is 59.7 Å². The summed E-state index contributed by atoms with van der Waals surface area (Å²) in [5, 5.41) is 11.9. The minimum Gasteiger partial charge on any atom is -0.444 e. The number of tetrazole rings is 1. The van der Waals surface area contributed by atoms with Crippen LogP contribution in [0.2, 0.25) is 0 Å². The molecule has 2 amide bonds. The number of anilines is 1. The van der Waals surface area contributed by atoms with Gasteiger partial charge >= 0.3 is 12.2 Å². The second kappa shape index (κ2) is 11.4. The van der Waals surface area contributed by atoms with E-state index in [-0.39, 0.29) is 25.4 Å². The van der Waals surface area contributed by atoms with Crippen molar-refractivity contribution < 1.29 is 28.2 Å². The van der Waals surface area contributed by atoms with Gasteiger partial charge in [-0.15, -0.1) is 10.2 Å². The van der Waals surface area contributed by atoms with Gasteiger partial charge in [-0.1, -0.05) is 24.3 Å². The van der Waals surface area contributed by atoms with E-state index in [0.29, 0.717) is 22.6 Å². The van der Waals surface area contributed by atoms with Gasteiger partial charge in [-0.3, -0.25) is 14.6 Å². The van der Waals surface area contributed by atoms with Gasteiger partial charge in [0.1, 0.15) is 29.3 Å². The highest BCUT2D eigenvalue weighted by Crippen LogP contribution is 2.30. The number of aromatic nitrogens is 4. The van der Waals surface area contributed by atoms with E-state index in [1.165, 1.54) is 27.6 Å². The molecule has 4 rings (SSSR count). The van der Waals surface area contributed by atoms with Crippen LogP contribution in [0.25, 0.3) is 11.1 Å². The molecule has 3 aromatic rings. The van der Waals surface area contributed by atoms with E-state index in [2.05, 4.69) is 15.4 Å². The van der Waals surface area contributed by atoms with Gasteiger partial charge in [0.05, 0.1) is 25.8 Å². The van der Waals surface area contributed by atoms with Crippen molar-refractivity contribution >= 4 is 23.7 Å². The number of hydrogen-bond donors (Lipinski definition) is 1. The van der Waals surface area contributed by atoms with Gasteiger partial charge in [-0.2, -0.15) is 4.80 Å². The summed E-state index contributed by atoms with van der Waals surface area (Å²) in [5.74, 6) is -0.477. The molecule has 1 unspecified atom stereocenters. The Hall–Kier alpha value is -4.39. The lowest BCUT2D eigenvalue weighted by Gasteiger charge is -2.26. The zero-order valence-electron chi connectivity index (χ0n) is 23.0. The molecule has 1 aliphatic heterocycles. The van der Waals surface area contributed by atoms with E-state index in [9.17, 15) is 14.4 Å². The fourth-order valence-electron chi connectivity index (χ4n) is 4.13. The molecule has 1 aliphatic rings. The van der Waals surface area contributed by atoms with Crippen molar-refractivity contribution in [1.82, 2.24) is 25.1 Å². The summed E-state index contributed by atoms with van der Waals surface area (Å²) in [6.07, 6.45) is -2.02. The number of Topliss-reactive ketones (excluding diaryl/α,β-unsaturated/α-hetero) is 1. The number of aryl methyl sites for hydroxylation is 1. The maximum Gasteiger partial charge on any atom is 0.414 e. The Labute approximate surface area is 230 Å². The van der Waals surface area contributed by atoms with Crippen LogP contribution in [0.4, 0.5) is 19.7 Å². The molecule has 13 heteroatoms. The zero-order valence-corrected chi connectivity index (χ0v) is 23.0. The average Bonchev–Trinajstić information content (AvgIpc) is 3.47. The minimum absolute atomic E-state index is 0.0469. The van der Waals surface area contributed by atoms with Gasteiger partial charge in [-0.25, -0.2) is 14.0 Å². The number of nitrogens with zero attached hydrogens (tertiary/aromatic N) is 6. The SMILES string of the molecule is CC(=O)[C@@H](N)C1CN(c2ccc(-c3ccc(CN(Cc4nnn(C)n4)C(=O)OC(C)(C)C)cc3)c(F)c2)C(=O)O1. The summed E-state index contributed by atoms with van der Waals surface area (Å²) in [4.78, 5) is 40.8. The van der Waals surface area contributed by atoms with Gasteiger partial charge < -0.3 is 15.2 Å². The average molecular weight is 554 g/mol. The molecular formula is C27H32FN7O5. The van der Waals surface area contributed by atoms with Crippen LogP contribution in [-0.2, 0) is 34.4 Å². The Kier molecular flexibility index (Phi) is 8.14. The van der Waals surface area contributed by atoms with Crippen molar-refractivity contribution in [2.24, 2.45) is 12.8 Å². The van der Waals surface area contributed by atoms with Crippen molar-refractivity contribution in [3.8, 4) is 11.1 Å². The molecule has 0 saturated carbocycles. The monoisotopic (exact) mass is 553 g/mol. The minimum atomic E-state index is -0.945. The third-order valence-corrected chi connectivity index (χ3v) is 6.14. The maximum absolute atomic E-state index is 15.2. The fraction of sp³-hybridized carbons (Fsp3) is 0.407. The highest BCUT2D eigenvalue weighted by Gasteiger charge is 2.38. The first-order valence-electron chi connectivity index (χ1n) is 12.6. The number of rotatable bonds is 8. The Bertz CT molecular complexity index is 1400. The number of carbonyl (C=O) groups is 3. The van der Waals surface area contributed by atoms with Crippen LogP contribution in [-0.4, -0.2) is 67.4 Å². The summed E-state index contributed by atoms with van der Waals surface area (Å²) in [6, 6.07) is 10.5. The number of cyclic esters (lactones) is 1. The summed E-state index contributed by atoms with van der Waals surface area (Å²) in [7, 11) is 1.64. The van der Waals surface area contributed by atoms with Crippen LogP contribution in [0.1, 0.15) is 39.1 Å². The molecule has 40 heavy (non-hydrogen) atoms. The van der Waals surface area contributed by atoms with Crippen LogP contribution in [0.3, 0.4) is 0 Å². The highest BCUT2D eigenvalue weighted by atomic mass is 19.1. The van der Waals surface area contributed by atoms with Gasteiger partial charge in [-0.05, 0) is 62.2 Å². The molecule has 12 nitrogen and oxygen atoms in total. The first-order valence-corrected chi connectivity index (χ1v) is 12.6. The van der Waals surface area contributed by atoms with Crippen molar-refractivity contribution in [2.75, 3.05) is 11.4 Å². The first-order chi connectivity index (χ1) is 18.8. The topological polar surface area (TPSA) is 146 Å². The van der Waals surface area contributed by atoms with Gasteiger partial charge in [0, 0.05) is 12.1 Å². The molecule has 1 aromatic heterocycles. The quantitative estimate of drug-likeness (QED) is 0.444. The van der Waals surface area contributed by atoms with E-state index < -0.39 is 35.8 Å². The predicted octanol–water partition coefficient (Wildman–Crippen LogP) is 3.20. The molecule has 2 heterocycles. The number of amides is 2. The molecule has 0 bridgehead atoms. The lowest BCUT2D eigenvalue weighted by molar-refractivity contribution is -0.120. The standard InChI is InChI=1S/C27H32FN7O5/c1-16(36)24(29)22-14-35(26(38)39-22)19-10-11-20(21(28)12-19)18-8-6-17(7-9-18)13-34(25(37)40-27(2,3)4)15-23-30-32-33(5)31-23/h6-12,22,24H,13-15,29H2,1-5H3/t22?,24-/m1/s1. The number of nitrogens with two attached hydrogens (primary N) is 1. The lowest BCUT2D eigenvalue weighted by Crippen LogP contribution is -2.43. The van der Waals surface area contributed by atoms with E-state index in [1.54, 1.807) is 64.2 Å². The van der Waals surface area contributed by atoms with Crippen LogP contribution in [0.5, 0.6) is 0 Å². The first kappa shape index (κ1) is 28.6. The molecule has 1 fully saturated rings. The van der Waals surface area contributed by atoms with Gasteiger partial charge in [0.15, 0.2) is 5.82 Å². The summed E-state index contributed by atoms with van der Waals surface area (Å²) >= 11 is 0. The van der Waals surface area contributed by atoms with Crippen molar-refractivity contribution in [2.45, 2.75) is 58.5 Å². The largest absolute Gasteiger partial charge is 0.444 e. The Morgan fingerprint density at radius 3 is 2.48 bits per heavy atom. The molecule has 2 atom stereocenters. The van der Waals surface area contributed by atoms with Gasteiger partial charge in [0.2, 0.25) is 0 Å².